The molecule has 3 amide bonds. The molecule has 0 bridgehead atoms. The molecule has 3 aromatic carbocycles. The van der Waals surface area contributed by atoms with Crippen LogP contribution in [0.15, 0.2) is 71.6 Å². The van der Waals surface area contributed by atoms with E-state index in [1.807, 2.05) is 42.7 Å². The van der Waals surface area contributed by atoms with Crippen molar-refractivity contribution in [3.05, 3.63) is 77.9 Å². The molecule has 2 heterocycles. The normalized spacial score (nSPS) is 18.9. The quantitative estimate of drug-likeness (QED) is 0.530. The van der Waals surface area contributed by atoms with Crippen LogP contribution in [0.5, 0.6) is 5.75 Å². The first-order valence-corrected chi connectivity index (χ1v) is 12.5. The molecule has 2 aliphatic heterocycles. The van der Waals surface area contributed by atoms with Crippen molar-refractivity contribution in [3.63, 3.8) is 0 Å². The van der Waals surface area contributed by atoms with Gasteiger partial charge in [0.25, 0.3) is 11.8 Å². The van der Waals surface area contributed by atoms with Crippen LogP contribution in [0, 0.1) is 0 Å². The summed E-state index contributed by atoms with van der Waals surface area (Å²) in [7, 11) is 1.57. The van der Waals surface area contributed by atoms with E-state index in [4.69, 9.17) is 4.74 Å². The second kappa shape index (κ2) is 9.46. The molecule has 0 aliphatic carbocycles. The van der Waals surface area contributed by atoms with E-state index in [1.54, 1.807) is 54.1 Å². The van der Waals surface area contributed by atoms with Gasteiger partial charge in [-0.1, -0.05) is 18.2 Å². The summed E-state index contributed by atoms with van der Waals surface area (Å²) >= 11 is 1.67. The van der Waals surface area contributed by atoms with Crippen molar-refractivity contribution in [2.24, 2.45) is 0 Å². The van der Waals surface area contributed by atoms with Crippen LogP contribution in [-0.2, 0) is 4.79 Å². The fourth-order valence-corrected chi connectivity index (χ4v) is 5.00. The average Bonchev–Trinajstić information content (AvgIpc) is 3.29. The van der Waals surface area contributed by atoms with Crippen LogP contribution in [0.2, 0.25) is 0 Å². The zero-order valence-electron chi connectivity index (χ0n) is 19.4. The van der Waals surface area contributed by atoms with E-state index in [-0.39, 0.29) is 30.3 Å². The first kappa shape index (κ1) is 23.0. The highest BCUT2D eigenvalue weighted by Gasteiger charge is 2.43. The fourth-order valence-electron chi connectivity index (χ4n) is 4.59. The van der Waals surface area contributed by atoms with Crippen molar-refractivity contribution in [2.75, 3.05) is 25.2 Å². The number of hydrogen-bond donors (Lipinski definition) is 2. The van der Waals surface area contributed by atoms with Gasteiger partial charge in [0.05, 0.1) is 18.4 Å². The maximum Gasteiger partial charge on any atom is 0.256 e. The first-order valence-electron chi connectivity index (χ1n) is 11.3. The Balaban J connectivity index is 1.36. The highest BCUT2D eigenvalue weighted by Crippen LogP contribution is 2.33. The number of fused-ring (bicyclic) bond motifs is 2. The van der Waals surface area contributed by atoms with Gasteiger partial charge in [-0.05, 0) is 72.3 Å². The summed E-state index contributed by atoms with van der Waals surface area (Å²) in [4.78, 5) is 41.9. The maximum absolute atomic E-state index is 13.5. The van der Waals surface area contributed by atoms with E-state index < -0.39 is 6.04 Å². The van der Waals surface area contributed by atoms with Crippen molar-refractivity contribution < 1.29 is 19.1 Å². The summed E-state index contributed by atoms with van der Waals surface area (Å²) in [6.07, 6.45) is 2.38. The number of hydrogen-bond acceptors (Lipinski definition) is 5. The first-order chi connectivity index (χ1) is 17.0. The third-order valence-corrected chi connectivity index (χ3v) is 7.23. The maximum atomic E-state index is 13.5. The van der Waals surface area contributed by atoms with Gasteiger partial charge >= 0.3 is 0 Å². The number of thioether (sulfide) groups is 1. The molecule has 0 radical (unpaired) electrons. The topological polar surface area (TPSA) is 87.7 Å². The molecule has 2 N–H and O–H groups in total. The van der Waals surface area contributed by atoms with Gasteiger partial charge in [-0.25, -0.2) is 0 Å². The Kier molecular flexibility index (Phi) is 6.21. The number of rotatable bonds is 5. The number of nitrogens with zero attached hydrogens (tertiary/aromatic N) is 1. The molecule has 0 aromatic heterocycles. The van der Waals surface area contributed by atoms with Gasteiger partial charge in [0.1, 0.15) is 11.8 Å². The number of benzene rings is 3. The van der Waals surface area contributed by atoms with Gasteiger partial charge in [-0.15, -0.1) is 11.8 Å². The Morgan fingerprint density at radius 3 is 2.43 bits per heavy atom. The lowest BCUT2D eigenvalue weighted by molar-refractivity contribution is -0.119. The molecule has 1 saturated heterocycles. The molecule has 5 rings (SSSR count). The van der Waals surface area contributed by atoms with Gasteiger partial charge < -0.3 is 20.3 Å². The molecule has 1 fully saturated rings. The molecular weight excluding hydrogens is 462 g/mol. The highest BCUT2D eigenvalue weighted by atomic mass is 32.2. The molecular formula is C27H25N3O4S. The minimum atomic E-state index is -0.639. The van der Waals surface area contributed by atoms with E-state index >= 15 is 0 Å². The lowest BCUT2D eigenvalue weighted by atomic mass is 10.0. The number of anilines is 1. The van der Waals surface area contributed by atoms with Crippen molar-refractivity contribution in [1.82, 2.24) is 10.2 Å². The third kappa shape index (κ3) is 4.49. The molecule has 7 nitrogen and oxygen atoms in total. The van der Waals surface area contributed by atoms with Gasteiger partial charge in [0.15, 0.2) is 0 Å². The Bertz CT molecular complexity index is 1290. The molecule has 35 heavy (non-hydrogen) atoms. The van der Waals surface area contributed by atoms with Crippen LogP contribution in [0.25, 0.3) is 11.1 Å². The van der Waals surface area contributed by atoms with Gasteiger partial charge in [-0.2, -0.15) is 0 Å². The predicted octanol–water partition coefficient (Wildman–Crippen LogP) is 4.05. The monoisotopic (exact) mass is 487 g/mol. The number of nitrogens with one attached hydrogen (secondary N) is 2. The summed E-state index contributed by atoms with van der Waals surface area (Å²) in [5.74, 6) is -0.0432. The minimum Gasteiger partial charge on any atom is -0.497 e. The van der Waals surface area contributed by atoms with E-state index in [2.05, 4.69) is 10.6 Å². The van der Waals surface area contributed by atoms with E-state index in [0.29, 0.717) is 29.0 Å². The Morgan fingerprint density at radius 2 is 1.74 bits per heavy atom. The molecule has 0 saturated carbocycles. The zero-order chi connectivity index (χ0) is 24.5. The number of amides is 3. The van der Waals surface area contributed by atoms with Crippen LogP contribution in [0.4, 0.5) is 5.69 Å². The second-order valence-corrected chi connectivity index (χ2v) is 9.47. The number of ether oxygens (including phenoxy) is 1. The average molecular weight is 488 g/mol. The van der Waals surface area contributed by atoms with Crippen LogP contribution in [-0.4, -0.2) is 54.6 Å². The summed E-state index contributed by atoms with van der Waals surface area (Å²) in [6.45, 7) is 0.269. The summed E-state index contributed by atoms with van der Waals surface area (Å²) in [5.41, 5.74) is 3.36. The SMILES string of the molecule is COc1ccc(C(=O)N[C@H]2C[C@H]3C(=O)Nc4ccc(-c5ccc(SC)cc5)cc4C(=O)N3C2)cc1. The zero-order valence-corrected chi connectivity index (χ0v) is 20.2. The van der Waals surface area contributed by atoms with Crippen molar-refractivity contribution in [2.45, 2.75) is 23.4 Å². The lowest BCUT2D eigenvalue weighted by Gasteiger charge is -2.20. The van der Waals surface area contributed by atoms with Gasteiger partial charge in [-0.3, -0.25) is 14.4 Å². The molecule has 3 aromatic rings. The number of carbonyl (C=O) groups is 3. The molecule has 0 spiro atoms. The molecule has 8 heteroatoms. The number of methoxy groups -OCH3 is 1. The summed E-state index contributed by atoms with van der Waals surface area (Å²) in [5, 5.41) is 5.87. The van der Waals surface area contributed by atoms with Gasteiger partial charge in [0, 0.05) is 23.0 Å². The summed E-state index contributed by atoms with van der Waals surface area (Å²) in [6, 6.07) is 19.5. The lowest BCUT2D eigenvalue weighted by Crippen LogP contribution is -2.41. The molecule has 178 valence electrons. The van der Waals surface area contributed by atoms with Crippen LogP contribution in [0.3, 0.4) is 0 Å². The Hall–Kier alpha value is -3.78. The van der Waals surface area contributed by atoms with Crippen molar-refractivity contribution in [3.8, 4) is 16.9 Å². The Morgan fingerprint density at radius 1 is 1.03 bits per heavy atom. The molecule has 0 unspecified atom stereocenters. The second-order valence-electron chi connectivity index (χ2n) is 8.59. The van der Waals surface area contributed by atoms with Crippen LogP contribution >= 0.6 is 11.8 Å². The summed E-state index contributed by atoms with van der Waals surface area (Å²) < 4.78 is 5.14. The minimum absolute atomic E-state index is 0.216. The van der Waals surface area contributed by atoms with E-state index in [9.17, 15) is 14.4 Å². The molecule has 2 aliphatic rings. The molecule has 2 atom stereocenters. The van der Waals surface area contributed by atoms with E-state index in [0.717, 1.165) is 16.0 Å². The van der Waals surface area contributed by atoms with Crippen LogP contribution in [0.1, 0.15) is 27.1 Å². The number of carbonyl (C=O) groups excluding carboxylic acids is 3. The van der Waals surface area contributed by atoms with Crippen LogP contribution < -0.4 is 15.4 Å². The van der Waals surface area contributed by atoms with E-state index in [1.165, 1.54) is 0 Å². The van der Waals surface area contributed by atoms with Gasteiger partial charge in [0.2, 0.25) is 5.91 Å². The smallest absolute Gasteiger partial charge is 0.256 e. The third-order valence-electron chi connectivity index (χ3n) is 6.48. The fraction of sp³-hybridized carbons (Fsp3) is 0.222. The highest BCUT2D eigenvalue weighted by molar-refractivity contribution is 7.98. The Labute approximate surface area is 207 Å². The standard InChI is InChI=1S/C27H25N3O4S/c1-34-20-8-3-17(4-9-20)25(31)28-19-14-24-26(32)29-23-12-7-18(13-22(23)27(33)30(24)15-19)16-5-10-21(35-2)11-6-16/h3-13,19,24H,14-15H2,1-2H3,(H,28,31)(H,29,32)/t19-,24-/m0/s1. The predicted molar refractivity (Wildman–Crippen MR) is 136 cm³/mol. The van der Waals surface area contributed by atoms with Crippen molar-refractivity contribution >= 4 is 35.2 Å². The van der Waals surface area contributed by atoms with Crippen molar-refractivity contribution in [1.29, 1.82) is 0 Å². The largest absolute Gasteiger partial charge is 0.497 e.